The highest BCUT2D eigenvalue weighted by molar-refractivity contribution is 5.34. The molecule has 16 heavy (non-hydrogen) atoms. The van der Waals surface area contributed by atoms with Crippen LogP contribution < -0.4 is 4.74 Å². The first-order chi connectivity index (χ1) is 7.90. The van der Waals surface area contributed by atoms with Gasteiger partial charge in [0.1, 0.15) is 5.75 Å². The van der Waals surface area contributed by atoms with Crippen molar-refractivity contribution in [1.29, 1.82) is 0 Å². The zero-order chi connectivity index (χ0) is 11.2. The maximum absolute atomic E-state index is 5.85. The van der Waals surface area contributed by atoms with Crippen molar-refractivity contribution in [3.63, 3.8) is 0 Å². The van der Waals surface area contributed by atoms with E-state index in [0.29, 0.717) is 5.92 Å². The summed E-state index contributed by atoms with van der Waals surface area (Å²) in [7, 11) is 0. The predicted octanol–water partition coefficient (Wildman–Crippen LogP) is 2.83. The molecule has 0 bridgehead atoms. The molecule has 86 valence electrons. The standard InChI is InChI=1S/C14H18O2/c1-2-5-13-6-3-4-7-14(13)16-11-12-8-9-15-10-12/h2-4,6-7,12H,1,5,8-11H2. The van der Waals surface area contributed by atoms with E-state index in [1.165, 1.54) is 5.56 Å². The molecule has 1 atom stereocenters. The molecule has 2 nitrogen and oxygen atoms in total. The molecule has 0 amide bonds. The predicted molar refractivity (Wildman–Crippen MR) is 64.8 cm³/mol. The van der Waals surface area contributed by atoms with Gasteiger partial charge < -0.3 is 9.47 Å². The second kappa shape index (κ2) is 5.71. The van der Waals surface area contributed by atoms with E-state index in [2.05, 4.69) is 12.6 Å². The lowest BCUT2D eigenvalue weighted by Crippen LogP contribution is -2.12. The smallest absolute Gasteiger partial charge is 0.122 e. The van der Waals surface area contributed by atoms with Crippen LogP contribution in [0.15, 0.2) is 36.9 Å². The fraction of sp³-hybridized carbons (Fsp3) is 0.429. The van der Waals surface area contributed by atoms with Gasteiger partial charge in [0.2, 0.25) is 0 Å². The van der Waals surface area contributed by atoms with Crippen molar-refractivity contribution in [2.24, 2.45) is 5.92 Å². The van der Waals surface area contributed by atoms with E-state index < -0.39 is 0 Å². The molecule has 1 aromatic rings. The van der Waals surface area contributed by atoms with Gasteiger partial charge in [0, 0.05) is 12.5 Å². The average Bonchev–Trinajstić information content (AvgIpc) is 2.81. The molecular weight excluding hydrogens is 200 g/mol. The Morgan fingerprint density at radius 3 is 3.06 bits per heavy atom. The van der Waals surface area contributed by atoms with Crippen LogP contribution in [-0.2, 0) is 11.2 Å². The molecule has 1 aromatic carbocycles. The van der Waals surface area contributed by atoms with Gasteiger partial charge in [-0.25, -0.2) is 0 Å². The maximum Gasteiger partial charge on any atom is 0.122 e. The molecule has 0 aromatic heterocycles. The molecule has 1 aliphatic rings. The number of hydrogen-bond acceptors (Lipinski definition) is 2. The zero-order valence-corrected chi connectivity index (χ0v) is 9.52. The van der Waals surface area contributed by atoms with Gasteiger partial charge in [0.15, 0.2) is 0 Å². The van der Waals surface area contributed by atoms with Crippen molar-refractivity contribution in [3.8, 4) is 5.75 Å². The Labute approximate surface area is 96.9 Å². The third-order valence-corrected chi connectivity index (χ3v) is 2.84. The Bertz CT molecular complexity index is 340. The quantitative estimate of drug-likeness (QED) is 0.707. The molecule has 1 aliphatic heterocycles. The number of rotatable bonds is 5. The first kappa shape index (κ1) is 11.2. The Kier molecular flexibility index (Phi) is 4.00. The van der Waals surface area contributed by atoms with E-state index in [-0.39, 0.29) is 0 Å². The normalized spacial score (nSPS) is 19.6. The van der Waals surface area contributed by atoms with E-state index in [1.807, 2.05) is 24.3 Å². The molecule has 1 fully saturated rings. The molecule has 0 saturated carbocycles. The fourth-order valence-electron chi connectivity index (χ4n) is 1.89. The summed E-state index contributed by atoms with van der Waals surface area (Å²) in [4.78, 5) is 0. The van der Waals surface area contributed by atoms with Crippen LogP contribution in [0.3, 0.4) is 0 Å². The van der Waals surface area contributed by atoms with Gasteiger partial charge in [-0.3, -0.25) is 0 Å². The Hall–Kier alpha value is -1.28. The summed E-state index contributed by atoms with van der Waals surface area (Å²) >= 11 is 0. The second-order valence-corrected chi connectivity index (χ2v) is 4.14. The monoisotopic (exact) mass is 218 g/mol. The van der Waals surface area contributed by atoms with Gasteiger partial charge in [0.05, 0.1) is 13.2 Å². The summed E-state index contributed by atoms with van der Waals surface area (Å²) in [5, 5.41) is 0. The summed E-state index contributed by atoms with van der Waals surface area (Å²) < 4.78 is 11.2. The van der Waals surface area contributed by atoms with Crippen molar-refractivity contribution in [3.05, 3.63) is 42.5 Å². The van der Waals surface area contributed by atoms with Crippen molar-refractivity contribution in [2.45, 2.75) is 12.8 Å². The average molecular weight is 218 g/mol. The largest absolute Gasteiger partial charge is 0.493 e. The Morgan fingerprint density at radius 1 is 1.44 bits per heavy atom. The van der Waals surface area contributed by atoms with Crippen LogP contribution >= 0.6 is 0 Å². The molecule has 0 radical (unpaired) electrons. The molecule has 1 saturated heterocycles. The van der Waals surface area contributed by atoms with Crippen molar-refractivity contribution >= 4 is 0 Å². The van der Waals surface area contributed by atoms with Gasteiger partial charge in [-0.2, -0.15) is 0 Å². The third-order valence-electron chi connectivity index (χ3n) is 2.84. The summed E-state index contributed by atoms with van der Waals surface area (Å²) in [5.74, 6) is 1.53. The van der Waals surface area contributed by atoms with Crippen LogP contribution in [0.2, 0.25) is 0 Å². The van der Waals surface area contributed by atoms with Crippen LogP contribution in [0.1, 0.15) is 12.0 Å². The minimum Gasteiger partial charge on any atom is -0.493 e. The third kappa shape index (κ3) is 2.86. The van der Waals surface area contributed by atoms with Gasteiger partial charge in [-0.15, -0.1) is 6.58 Å². The van der Waals surface area contributed by atoms with Gasteiger partial charge in [-0.05, 0) is 24.5 Å². The molecule has 0 aliphatic carbocycles. The van der Waals surface area contributed by atoms with Crippen molar-refractivity contribution < 1.29 is 9.47 Å². The van der Waals surface area contributed by atoms with Crippen LogP contribution in [-0.4, -0.2) is 19.8 Å². The highest BCUT2D eigenvalue weighted by Crippen LogP contribution is 2.21. The summed E-state index contributed by atoms with van der Waals surface area (Å²) in [6.45, 7) is 6.23. The molecule has 2 rings (SSSR count). The molecule has 0 N–H and O–H groups in total. The Balaban J connectivity index is 1.94. The number of allylic oxidation sites excluding steroid dienone is 1. The number of hydrogen-bond donors (Lipinski definition) is 0. The fourth-order valence-corrected chi connectivity index (χ4v) is 1.89. The topological polar surface area (TPSA) is 18.5 Å². The van der Waals surface area contributed by atoms with Gasteiger partial charge >= 0.3 is 0 Å². The van der Waals surface area contributed by atoms with Gasteiger partial charge in [-0.1, -0.05) is 24.3 Å². The molecule has 1 unspecified atom stereocenters. The highest BCUT2D eigenvalue weighted by atomic mass is 16.5. The lowest BCUT2D eigenvalue weighted by molar-refractivity contribution is 0.167. The Morgan fingerprint density at radius 2 is 2.31 bits per heavy atom. The van der Waals surface area contributed by atoms with Crippen molar-refractivity contribution in [2.75, 3.05) is 19.8 Å². The van der Waals surface area contributed by atoms with E-state index in [1.54, 1.807) is 0 Å². The lowest BCUT2D eigenvalue weighted by atomic mass is 10.1. The molecule has 2 heteroatoms. The second-order valence-electron chi connectivity index (χ2n) is 4.14. The maximum atomic E-state index is 5.85. The van der Waals surface area contributed by atoms with E-state index in [4.69, 9.17) is 9.47 Å². The minimum absolute atomic E-state index is 0.553. The van der Waals surface area contributed by atoms with Crippen LogP contribution in [0, 0.1) is 5.92 Å². The summed E-state index contributed by atoms with van der Waals surface area (Å²) in [6.07, 6.45) is 3.88. The number of benzene rings is 1. The lowest BCUT2D eigenvalue weighted by Gasteiger charge is -2.13. The van der Waals surface area contributed by atoms with E-state index >= 15 is 0 Å². The molecule has 0 spiro atoms. The van der Waals surface area contributed by atoms with Crippen molar-refractivity contribution in [1.82, 2.24) is 0 Å². The summed E-state index contributed by atoms with van der Waals surface area (Å²) in [6, 6.07) is 8.15. The minimum atomic E-state index is 0.553. The first-order valence-corrected chi connectivity index (χ1v) is 5.79. The SMILES string of the molecule is C=CCc1ccccc1OCC1CCOC1. The van der Waals surface area contributed by atoms with E-state index in [0.717, 1.165) is 38.4 Å². The molecule has 1 heterocycles. The first-order valence-electron chi connectivity index (χ1n) is 5.79. The van der Waals surface area contributed by atoms with Crippen LogP contribution in [0.4, 0.5) is 0 Å². The van der Waals surface area contributed by atoms with Crippen LogP contribution in [0.5, 0.6) is 5.75 Å². The van der Waals surface area contributed by atoms with Crippen LogP contribution in [0.25, 0.3) is 0 Å². The number of ether oxygens (including phenoxy) is 2. The molecular formula is C14H18O2. The van der Waals surface area contributed by atoms with E-state index in [9.17, 15) is 0 Å². The zero-order valence-electron chi connectivity index (χ0n) is 9.52. The summed E-state index contributed by atoms with van der Waals surface area (Å²) in [5.41, 5.74) is 1.21. The number of para-hydroxylation sites is 1. The van der Waals surface area contributed by atoms with Gasteiger partial charge in [0.25, 0.3) is 0 Å². The highest BCUT2D eigenvalue weighted by Gasteiger charge is 2.16.